The topological polar surface area (TPSA) is 71.4 Å². The number of benzene rings is 2. The summed E-state index contributed by atoms with van der Waals surface area (Å²) in [6.07, 6.45) is -8.87. The smallest absolute Gasteiger partial charge is 0.337 e. The fourth-order valence-corrected chi connectivity index (χ4v) is 3.71. The molecule has 0 atom stereocenters. The summed E-state index contributed by atoms with van der Waals surface area (Å²) in [6.45, 7) is 3.49. The van der Waals surface area contributed by atoms with Crippen LogP contribution in [0, 0.1) is 0 Å². The minimum absolute atomic E-state index is 0.0220. The van der Waals surface area contributed by atoms with Crippen molar-refractivity contribution < 1.29 is 40.7 Å². The number of hydrogen-bond acceptors (Lipinski definition) is 3. The lowest BCUT2D eigenvalue weighted by Crippen LogP contribution is -2.36. The number of Topliss-reactive ketones (excluding diaryl/α,β-unsaturated/α-hetero) is 1. The van der Waals surface area contributed by atoms with E-state index < -0.39 is 53.3 Å². The number of halogens is 6. The van der Waals surface area contributed by atoms with Crippen LogP contribution in [-0.4, -0.2) is 40.2 Å². The van der Waals surface area contributed by atoms with Crippen LogP contribution >= 0.6 is 0 Å². The Kier molecular flexibility index (Phi) is 7.46. The van der Waals surface area contributed by atoms with E-state index in [1.54, 1.807) is 38.1 Å². The Bertz CT molecular complexity index is 1270. The summed E-state index contributed by atoms with van der Waals surface area (Å²) < 4.78 is 79.9. The van der Waals surface area contributed by atoms with Crippen LogP contribution in [-0.2, 0) is 28.5 Å². The maximum atomic E-state index is 13.1. The zero-order valence-corrected chi connectivity index (χ0v) is 19.1. The quantitative estimate of drug-likeness (QED) is 0.262. The number of carbonyl (C=O) groups excluding carboxylic acids is 3. The van der Waals surface area contributed by atoms with Crippen LogP contribution in [0.5, 0.6) is 0 Å². The highest BCUT2D eigenvalue weighted by Gasteiger charge is 2.37. The zero-order chi connectivity index (χ0) is 26.8. The molecule has 0 spiro atoms. The molecule has 36 heavy (non-hydrogen) atoms. The first-order valence-electron chi connectivity index (χ1n) is 10.8. The molecule has 0 aliphatic carbocycles. The molecule has 0 aliphatic rings. The molecule has 1 N–H and O–H groups in total. The molecular formula is C24H21F6N3O3. The van der Waals surface area contributed by atoms with Crippen LogP contribution in [0.25, 0.3) is 10.9 Å². The third-order valence-electron chi connectivity index (χ3n) is 5.46. The third kappa shape index (κ3) is 5.69. The molecule has 0 bridgehead atoms. The second-order valence-corrected chi connectivity index (χ2v) is 7.84. The van der Waals surface area contributed by atoms with Crippen LogP contribution in [0.4, 0.5) is 32.0 Å². The molecule has 3 rings (SSSR count). The number of hydrogen-bond donors (Lipinski definition) is 1. The number of alkyl halides is 6. The number of carbonyl (C=O) groups is 3. The maximum absolute atomic E-state index is 13.1. The van der Waals surface area contributed by atoms with E-state index >= 15 is 0 Å². The number of anilines is 1. The molecular weight excluding hydrogens is 492 g/mol. The lowest BCUT2D eigenvalue weighted by molar-refractivity contribution is -0.143. The lowest BCUT2D eigenvalue weighted by Gasteiger charge is -2.17. The second-order valence-electron chi connectivity index (χ2n) is 7.84. The van der Waals surface area contributed by atoms with Gasteiger partial charge in [-0.05, 0) is 38.1 Å². The molecule has 0 radical (unpaired) electrons. The predicted molar refractivity (Wildman–Crippen MR) is 119 cm³/mol. The van der Waals surface area contributed by atoms with Crippen molar-refractivity contribution in [3.63, 3.8) is 0 Å². The average Bonchev–Trinajstić information content (AvgIpc) is 3.16. The summed E-state index contributed by atoms with van der Waals surface area (Å²) in [7, 11) is 0. The first kappa shape index (κ1) is 26.8. The summed E-state index contributed by atoms with van der Waals surface area (Å²) in [5.74, 6) is -2.48. The SMILES string of the molecule is CCN(CC)C(=O)C(=O)c1cn(CC(=O)Nc2cc(C(F)(F)F)cc(C(F)(F)F)c2)c2ccccc12. The molecule has 0 saturated carbocycles. The van der Waals surface area contributed by atoms with Gasteiger partial charge in [0.05, 0.1) is 16.7 Å². The van der Waals surface area contributed by atoms with Crippen LogP contribution < -0.4 is 5.32 Å². The van der Waals surface area contributed by atoms with Crippen LogP contribution in [0.2, 0.25) is 0 Å². The standard InChI is InChI=1S/C24H21F6N3O3/c1-3-32(4-2)22(36)21(35)18-12-33(19-8-6-5-7-17(18)19)13-20(34)31-16-10-14(23(25,26)27)9-15(11-16)24(28,29)30/h5-12H,3-4,13H2,1-2H3,(H,31,34). The van der Waals surface area contributed by atoms with Crippen molar-refractivity contribution in [2.45, 2.75) is 32.7 Å². The molecule has 0 unspecified atom stereocenters. The monoisotopic (exact) mass is 513 g/mol. The van der Waals surface area contributed by atoms with E-state index in [-0.39, 0.29) is 11.6 Å². The Hall–Kier alpha value is -3.83. The highest BCUT2D eigenvalue weighted by molar-refractivity contribution is 6.44. The summed E-state index contributed by atoms with van der Waals surface area (Å²) in [5, 5.41) is 2.43. The van der Waals surface area contributed by atoms with Crippen molar-refractivity contribution in [1.82, 2.24) is 9.47 Å². The predicted octanol–water partition coefficient (Wildman–Crippen LogP) is 5.37. The van der Waals surface area contributed by atoms with Gasteiger partial charge >= 0.3 is 12.4 Å². The summed E-state index contributed by atoms with van der Waals surface area (Å²) in [5.41, 5.74) is -3.42. The fraction of sp³-hybridized carbons (Fsp3) is 0.292. The normalized spacial score (nSPS) is 12.0. The Morgan fingerprint density at radius 2 is 1.44 bits per heavy atom. The van der Waals surface area contributed by atoms with Crippen LogP contribution in [0.1, 0.15) is 35.3 Å². The van der Waals surface area contributed by atoms with E-state index in [1.807, 2.05) is 0 Å². The Morgan fingerprint density at radius 1 is 0.889 bits per heavy atom. The maximum Gasteiger partial charge on any atom is 0.416 e. The van der Waals surface area contributed by atoms with Gasteiger partial charge in [0, 0.05) is 35.9 Å². The minimum atomic E-state index is -5.07. The van der Waals surface area contributed by atoms with E-state index in [1.165, 1.54) is 15.7 Å². The second kappa shape index (κ2) is 10.0. The van der Waals surface area contributed by atoms with Gasteiger partial charge in [0.15, 0.2) is 0 Å². The molecule has 3 aromatic rings. The molecule has 2 aromatic carbocycles. The highest BCUT2D eigenvalue weighted by atomic mass is 19.4. The number of rotatable bonds is 7. The first-order valence-corrected chi connectivity index (χ1v) is 10.8. The van der Waals surface area contributed by atoms with E-state index in [4.69, 9.17) is 0 Å². The highest BCUT2D eigenvalue weighted by Crippen LogP contribution is 2.37. The molecule has 192 valence electrons. The number of aromatic nitrogens is 1. The van der Waals surface area contributed by atoms with E-state index in [2.05, 4.69) is 5.32 Å². The van der Waals surface area contributed by atoms with Crippen LogP contribution in [0.3, 0.4) is 0 Å². The van der Waals surface area contributed by atoms with Gasteiger partial charge in [0.25, 0.3) is 11.7 Å². The number of ketones is 1. The Balaban J connectivity index is 1.93. The van der Waals surface area contributed by atoms with Crippen molar-refractivity contribution in [2.75, 3.05) is 18.4 Å². The van der Waals surface area contributed by atoms with Gasteiger partial charge in [0.2, 0.25) is 5.91 Å². The molecule has 0 aliphatic heterocycles. The van der Waals surface area contributed by atoms with Crippen molar-refractivity contribution in [3.8, 4) is 0 Å². The molecule has 0 saturated heterocycles. The minimum Gasteiger partial charge on any atom is -0.337 e. The van der Waals surface area contributed by atoms with Gasteiger partial charge in [-0.1, -0.05) is 18.2 Å². The van der Waals surface area contributed by atoms with Crippen molar-refractivity contribution >= 4 is 34.2 Å². The van der Waals surface area contributed by atoms with Gasteiger partial charge in [-0.25, -0.2) is 0 Å². The molecule has 6 nitrogen and oxygen atoms in total. The largest absolute Gasteiger partial charge is 0.416 e. The van der Waals surface area contributed by atoms with Crippen LogP contribution in [0.15, 0.2) is 48.7 Å². The van der Waals surface area contributed by atoms with Gasteiger partial charge in [0.1, 0.15) is 6.54 Å². The third-order valence-corrected chi connectivity index (χ3v) is 5.46. The van der Waals surface area contributed by atoms with Crippen molar-refractivity contribution in [2.24, 2.45) is 0 Å². The molecule has 1 heterocycles. The van der Waals surface area contributed by atoms with Gasteiger partial charge < -0.3 is 14.8 Å². The molecule has 2 amide bonds. The number of nitrogens with one attached hydrogen (secondary N) is 1. The summed E-state index contributed by atoms with van der Waals surface area (Å²) >= 11 is 0. The van der Waals surface area contributed by atoms with E-state index in [0.717, 1.165) is 0 Å². The van der Waals surface area contributed by atoms with Crippen molar-refractivity contribution in [1.29, 1.82) is 0 Å². The molecule has 0 fully saturated rings. The molecule has 1 aromatic heterocycles. The number of likely N-dealkylation sites (N-methyl/N-ethyl adjacent to an activating group) is 1. The number of amides is 2. The van der Waals surface area contributed by atoms with Gasteiger partial charge in [-0.3, -0.25) is 14.4 Å². The number of nitrogens with zero attached hydrogens (tertiary/aromatic N) is 2. The van der Waals surface area contributed by atoms with Gasteiger partial charge in [-0.2, -0.15) is 26.3 Å². The Morgan fingerprint density at radius 3 is 1.97 bits per heavy atom. The lowest BCUT2D eigenvalue weighted by atomic mass is 10.1. The summed E-state index contributed by atoms with van der Waals surface area (Å²) in [6, 6.07) is 7.12. The van der Waals surface area contributed by atoms with E-state index in [0.29, 0.717) is 36.1 Å². The first-order chi connectivity index (χ1) is 16.8. The van der Waals surface area contributed by atoms with Crippen molar-refractivity contribution in [3.05, 3.63) is 65.4 Å². The fourth-order valence-electron chi connectivity index (χ4n) is 3.71. The Labute approximate surface area is 201 Å². The summed E-state index contributed by atoms with van der Waals surface area (Å²) in [4.78, 5) is 39.3. The average molecular weight is 513 g/mol. The molecule has 12 heteroatoms. The van der Waals surface area contributed by atoms with E-state index in [9.17, 15) is 40.7 Å². The zero-order valence-electron chi connectivity index (χ0n) is 19.1. The number of fused-ring (bicyclic) bond motifs is 1. The number of para-hydroxylation sites is 1. The van der Waals surface area contributed by atoms with Gasteiger partial charge in [-0.15, -0.1) is 0 Å².